The summed E-state index contributed by atoms with van der Waals surface area (Å²) < 4.78 is 11.0. The first-order valence-electron chi connectivity index (χ1n) is 7.29. The minimum absolute atomic E-state index is 0.259. The van der Waals surface area contributed by atoms with Crippen LogP contribution in [0.25, 0.3) is 0 Å². The molecule has 0 saturated heterocycles. The standard InChI is InChI=1S/C17H20ClNO3/c1-3-13-5-4-6-15(9-13)21-8-7-19-17(20)16-10-14(11-18)12(2)22-16/h4-6,9-10H,3,7-8,11H2,1-2H3,(H,19,20). The molecule has 0 aliphatic heterocycles. The number of benzene rings is 1. The molecule has 0 atom stereocenters. The number of aryl methyl sites for hydroxylation is 2. The van der Waals surface area contributed by atoms with Crippen LogP contribution in [0.2, 0.25) is 0 Å². The Kier molecular flexibility index (Phi) is 5.90. The Bertz CT molecular complexity index is 637. The smallest absolute Gasteiger partial charge is 0.287 e. The van der Waals surface area contributed by atoms with Gasteiger partial charge in [-0.25, -0.2) is 0 Å². The Balaban J connectivity index is 1.79. The fourth-order valence-corrected chi connectivity index (χ4v) is 2.31. The van der Waals surface area contributed by atoms with Crippen molar-refractivity contribution in [2.45, 2.75) is 26.1 Å². The van der Waals surface area contributed by atoms with Crippen molar-refractivity contribution < 1.29 is 13.9 Å². The Labute approximate surface area is 135 Å². The molecular formula is C17H20ClNO3. The molecule has 0 radical (unpaired) electrons. The maximum Gasteiger partial charge on any atom is 0.287 e. The van der Waals surface area contributed by atoms with Crippen LogP contribution in [0, 0.1) is 6.92 Å². The van der Waals surface area contributed by atoms with Gasteiger partial charge in [-0.3, -0.25) is 4.79 Å². The molecule has 22 heavy (non-hydrogen) atoms. The number of hydrogen-bond donors (Lipinski definition) is 1. The molecule has 1 heterocycles. The summed E-state index contributed by atoms with van der Waals surface area (Å²) in [5.41, 5.74) is 2.06. The van der Waals surface area contributed by atoms with E-state index in [1.54, 1.807) is 13.0 Å². The summed E-state index contributed by atoms with van der Waals surface area (Å²) in [5.74, 6) is 1.84. The maximum absolute atomic E-state index is 11.9. The van der Waals surface area contributed by atoms with Crippen LogP contribution in [-0.2, 0) is 12.3 Å². The second kappa shape index (κ2) is 7.90. The molecular weight excluding hydrogens is 302 g/mol. The number of amides is 1. The van der Waals surface area contributed by atoms with E-state index in [0.29, 0.717) is 24.8 Å². The van der Waals surface area contributed by atoms with Gasteiger partial charge in [-0.05, 0) is 37.1 Å². The molecule has 5 heteroatoms. The van der Waals surface area contributed by atoms with Gasteiger partial charge in [0.25, 0.3) is 5.91 Å². The first-order chi connectivity index (χ1) is 10.6. The topological polar surface area (TPSA) is 51.5 Å². The van der Waals surface area contributed by atoms with Crippen LogP contribution in [0.15, 0.2) is 34.7 Å². The quantitative estimate of drug-likeness (QED) is 0.625. The first kappa shape index (κ1) is 16.4. The van der Waals surface area contributed by atoms with E-state index in [0.717, 1.165) is 17.7 Å². The molecule has 0 unspecified atom stereocenters. The largest absolute Gasteiger partial charge is 0.492 e. The molecule has 2 aromatic rings. The summed E-state index contributed by atoms with van der Waals surface area (Å²) in [6, 6.07) is 9.60. The monoisotopic (exact) mass is 321 g/mol. The first-order valence-corrected chi connectivity index (χ1v) is 7.82. The maximum atomic E-state index is 11.9. The number of carbonyl (C=O) groups excluding carboxylic acids is 1. The van der Waals surface area contributed by atoms with Crippen molar-refractivity contribution in [2.24, 2.45) is 0 Å². The molecule has 0 aliphatic rings. The van der Waals surface area contributed by atoms with Gasteiger partial charge in [0.05, 0.1) is 12.4 Å². The highest BCUT2D eigenvalue weighted by molar-refractivity contribution is 6.17. The van der Waals surface area contributed by atoms with Crippen molar-refractivity contribution in [1.29, 1.82) is 0 Å². The van der Waals surface area contributed by atoms with Crippen molar-refractivity contribution in [3.05, 3.63) is 53.0 Å². The molecule has 0 fully saturated rings. The lowest BCUT2D eigenvalue weighted by Crippen LogP contribution is -2.27. The van der Waals surface area contributed by atoms with Crippen molar-refractivity contribution in [3.63, 3.8) is 0 Å². The predicted molar refractivity (Wildman–Crippen MR) is 86.7 cm³/mol. The lowest BCUT2D eigenvalue weighted by molar-refractivity contribution is 0.0918. The number of nitrogens with one attached hydrogen (secondary N) is 1. The average Bonchev–Trinajstić information content (AvgIpc) is 2.92. The molecule has 0 saturated carbocycles. The Morgan fingerprint density at radius 3 is 2.86 bits per heavy atom. The van der Waals surface area contributed by atoms with Crippen LogP contribution < -0.4 is 10.1 Å². The number of halogens is 1. The second-order valence-corrected chi connectivity index (χ2v) is 5.20. The van der Waals surface area contributed by atoms with Gasteiger partial charge in [0, 0.05) is 5.56 Å². The molecule has 1 amide bonds. The third kappa shape index (κ3) is 4.28. The molecule has 4 nitrogen and oxygen atoms in total. The minimum Gasteiger partial charge on any atom is -0.492 e. The van der Waals surface area contributed by atoms with E-state index < -0.39 is 0 Å². The van der Waals surface area contributed by atoms with Gasteiger partial charge in [0.1, 0.15) is 18.1 Å². The number of hydrogen-bond acceptors (Lipinski definition) is 3. The van der Waals surface area contributed by atoms with Crippen LogP contribution in [-0.4, -0.2) is 19.1 Å². The van der Waals surface area contributed by atoms with Gasteiger partial charge >= 0.3 is 0 Å². The fraction of sp³-hybridized carbons (Fsp3) is 0.353. The van der Waals surface area contributed by atoms with E-state index in [-0.39, 0.29) is 11.7 Å². The number of ether oxygens (including phenoxy) is 1. The molecule has 2 rings (SSSR count). The lowest BCUT2D eigenvalue weighted by atomic mass is 10.2. The third-order valence-electron chi connectivity index (χ3n) is 3.35. The molecule has 1 N–H and O–H groups in total. The lowest BCUT2D eigenvalue weighted by Gasteiger charge is -2.08. The summed E-state index contributed by atoms with van der Waals surface area (Å²) in [6.45, 7) is 4.70. The highest BCUT2D eigenvalue weighted by atomic mass is 35.5. The van der Waals surface area contributed by atoms with Crippen molar-refractivity contribution in [3.8, 4) is 5.75 Å². The van der Waals surface area contributed by atoms with Crippen molar-refractivity contribution in [2.75, 3.05) is 13.2 Å². The van der Waals surface area contributed by atoms with Crippen LogP contribution in [0.5, 0.6) is 5.75 Å². The zero-order valence-corrected chi connectivity index (χ0v) is 13.6. The third-order valence-corrected chi connectivity index (χ3v) is 3.64. The van der Waals surface area contributed by atoms with Gasteiger partial charge in [0.15, 0.2) is 5.76 Å². The van der Waals surface area contributed by atoms with E-state index in [9.17, 15) is 4.79 Å². The average molecular weight is 322 g/mol. The second-order valence-electron chi connectivity index (χ2n) is 4.93. The van der Waals surface area contributed by atoms with Crippen molar-refractivity contribution in [1.82, 2.24) is 5.32 Å². The fourth-order valence-electron chi connectivity index (χ4n) is 2.04. The van der Waals surface area contributed by atoms with E-state index in [1.807, 2.05) is 18.2 Å². The van der Waals surface area contributed by atoms with E-state index in [1.165, 1.54) is 5.56 Å². The Hall–Kier alpha value is -1.94. The summed E-state index contributed by atoms with van der Waals surface area (Å²) in [7, 11) is 0. The SMILES string of the molecule is CCc1cccc(OCCNC(=O)c2cc(CCl)c(C)o2)c1. The van der Waals surface area contributed by atoms with Gasteiger partial charge in [-0.15, -0.1) is 11.6 Å². The molecule has 118 valence electrons. The highest BCUT2D eigenvalue weighted by Crippen LogP contribution is 2.16. The van der Waals surface area contributed by atoms with E-state index in [4.69, 9.17) is 20.8 Å². The zero-order valence-electron chi connectivity index (χ0n) is 12.8. The van der Waals surface area contributed by atoms with Gasteiger partial charge in [-0.2, -0.15) is 0 Å². The van der Waals surface area contributed by atoms with Crippen LogP contribution in [0.4, 0.5) is 0 Å². The molecule has 1 aromatic heterocycles. The van der Waals surface area contributed by atoms with E-state index in [2.05, 4.69) is 18.3 Å². The molecule has 0 bridgehead atoms. The molecule has 0 spiro atoms. The van der Waals surface area contributed by atoms with Crippen LogP contribution in [0.1, 0.15) is 34.4 Å². The van der Waals surface area contributed by atoms with Gasteiger partial charge < -0.3 is 14.5 Å². The van der Waals surface area contributed by atoms with Crippen LogP contribution >= 0.6 is 11.6 Å². The normalized spacial score (nSPS) is 10.5. The number of furan rings is 1. The van der Waals surface area contributed by atoms with Crippen LogP contribution in [0.3, 0.4) is 0 Å². The zero-order chi connectivity index (χ0) is 15.9. The Morgan fingerprint density at radius 2 is 2.18 bits per heavy atom. The molecule has 1 aromatic carbocycles. The van der Waals surface area contributed by atoms with Crippen molar-refractivity contribution >= 4 is 17.5 Å². The minimum atomic E-state index is -0.259. The summed E-state index contributed by atoms with van der Waals surface area (Å²) in [5, 5.41) is 2.76. The number of rotatable bonds is 7. The predicted octanol–water partition coefficient (Wildman–Crippen LogP) is 3.70. The summed E-state index contributed by atoms with van der Waals surface area (Å²) in [6.07, 6.45) is 0.967. The number of alkyl halides is 1. The Morgan fingerprint density at radius 1 is 1.36 bits per heavy atom. The summed E-state index contributed by atoms with van der Waals surface area (Å²) >= 11 is 5.76. The van der Waals surface area contributed by atoms with E-state index >= 15 is 0 Å². The number of carbonyl (C=O) groups is 1. The highest BCUT2D eigenvalue weighted by Gasteiger charge is 2.13. The summed E-state index contributed by atoms with van der Waals surface area (Å²) in [4.78, 5) is 11.9. The van der Waals surface area contributed by atoms with Gasteiger partial charge in [-0.1, -0.05) is 19.1 Å². The van der Waals surface area contributed by atoms with Gasteiger partial charge in [0.2, 0.25) is 0 Å². The molecule has 0 aliphatic carbocycles.